The summed E-state index contributed by atoms with van der Waals surface area (Å²) in [6, 6.07) is 10.3. The van der Waals surface area contributed by atoms with Gasteiger partial charge in [-0.3, -0.25) is 9.69 Å². The van der Waals surface area contributed by atoms with Crippen molar-refractivity contribution in [3.8, 4) is 0 Å². The summed E-state index contributed by atoms with van der Waals surface area (Å²) < 4.78 is 0. The highest BCUT2D eigenvalue weighted by Gasteiger charge is 2.45. The summed E-state index contributed by atoms with van der Waals surface area (Å²) in [7, 11) is 0. The van der Waals surface area contributed by atoms with Crippen LogP contribution in [0.25, 0.3) is 0 Å². The minimum absolute atomic E-state index is 0.0235. The molecule has 1 aromatic heterocycles. The van der Waals surface area contributed by atoms with E-state index >= 15 is 0 Å². The minimum atomic E-state index is -1.05. The standard InChI is InChI=1S/C21H25N5O3/c27-18(16-6-10-23-19(25-16)24-15-4-2-1-3-5-15)17-14-21(7-11-22-12-8-21)9-13-26(17)20(28)29/h1-6,10,17,22H,7-9,11-14H2,(H,28,29)(H,23,24,25). The summed E-state index contributed by atoms with van der Waals surface area (Å²) in [5.74, 6) is 0.0554. The molecular weight excluding hydrogens is 370 g/mol. The molecule has 1 atom stereocenters. The molecule has 29 heavy (non-hydrogen) atoms. The lowest BCUT2D eigenvalue weighted by Gasteiger charge is -2.47. The Morgan fingerprint density at radius 1 is 1.14 bits per heavy atom. The van der Waals surface area contributed by atoms with Crippen LogP contribution in [-0.2, 0) is 0 Å². The van der Waals surface area contributed by atoms with Gasteiger partial charge < -0.3 is 15.7 Å². The number of amides is 1. The zero-order valence-electron chi connectivity index (χ0n) is 16.2. The van der Waals surface area contributed by atoms with E-state index in [2.05, 4.69) is 20.6 Å². The molecule has 0 radical (unpaired) electrons. The molecule has 1 spiro atoms. The largest absolute Gasteiger partial charge is 0.465 e. The summed E-state index contributed by atoms with van der Waals surface area (Å²) in [6.45, 7) is 2.20. The molecule has 0 bridgehead atoms. The van der Waals surface area contributed by atoms with Gasteiger partial charge >= 0.3 is 6.09 Å². The van der Waals surface area contributed by atoms with E-state index in [4.69, 9.17) is 0 Å². The Kier molecular flexibility index (Phi) is 5.44. The summed E-state index contributed by atoms with van der Waals surface area (Å²) >= 11 is 0. The molecule has 8 nitrogen and oxygen atoms in total. The number of Topliss-reactive ketones (excluding diaryl/α,β-unsaturated/α-hetero) is 1. The topological polar surface area (TPSA) is 107 Å². The molecule has 2 saturated heterocycles. The number of aromatic nitrogens is 2. The van der Waals surface area contributed by atoms with Crippen molar-refractivity contribution in [2.45, 2.75) is 31.7 Å². The van der Waals surface area contributed by atoms with Crippen LogP contribution in [0, 0.1) is 5.41 Å². The lowest BCUT2D eigenvalue weighted by Crippen LogP contribution is -2.55. The van der Waals surface area contributed by atoms with Crippen LogP contribution in [0.3, 0.4) is 0 Å². The fraction of sp³-hybridized carbons (Fsp3) is 0.429. The number of rotatable bonds is 4. The Labute approximate surface area is 169 Å². The van der Waals surface area contributed by atoms with Crippen molar-refractivity contribution in [1.82, 2.24) is 20.2 Å². The number of nitrogens with zero attached hydrogens (tertiary/aromatic N) is 3. The third-order valence-electron chi connectivity index (χ3n) is 6.04. The van der Waals surface area contributed by atoms with Crippen molar-refractivity contribution in [3.05, 3.63) is 48.3 Å². The average molecular weight is 395 g/mol. The number of likely N-dealkylation sites (tertiary alicyclic amines) is 1. The number of carbonyl (C=O) groups excluding carboxylic acids is 1. The molecule has 2 aromatic rings. The van der Waals surface area contributed by atoms with Crippen LogP contribution < -0.4 is 10.6 Å². The van der Waals surface area contributed by atoms with E-state index in [1.165, 1.54) is 11.1 Å². The highest BCUT2D eigenvalue weighted by Crippen LogP contribution is 2.42. The quantitative estimate of drug-likeness (QED) is 0.683. The molecule has 3 heterocycles. The van der Waals surface area contributed by atoms with Gasteiger partial charge in [-0.2, -0.15) is 0 Å². The van der Waals surface area contributed by atoms with Crippen LogP contribution in [0.1, 0.15) is 36.2 Å². The number of ketones is 1. The average Bonchev–Trinajstić information content (AvgIpc) is 2.74. The maximum Gasteiger partial charge on any atom is 0.407 e. The second-order valence-electron chi connectivity index (χ2n) is 7.82. The summed E-state index contributed by atoms with van der Waals surface area (Å²) in [5, 5.41) is 16.1. The SMILES string of the molecule is O=C(c1ccnc(Nc2ccccc2)n1)C1CC2(CCNCC2)CCN1C(=O)O. The molecule has 3 N–H and O–H groups in total. The summed E-state index contributed by atoms with van der Waals surface area (Å²) in [6.07, 6.45) is 3.76. The van der Waals surface area contributed by atoms with Crippen molar-refractivity contribution in [1.29, 1.82) is 0 Å². The number of benzene rings is 1. The number of carbonyl (C=O) groups is 2. The number of piperidine rings is 2. The maximum absolute atomic E-state index is 13.3. The van der Waals surface area contributed by atoms with Crippen molar-refractivity contribution >= 4 is 23.5 Å². The van der Waals surface area contributed by atoms with Gasteiger partial charge in [-0.1, -0.05) is 18.2 Å². The highest BCUT2D eigenvalue weighted by atomic mass is 16.4. The van der Waals surface area contributed by atoms with E-state index in [0.717, 1.165) is 38.0 Å². The van der Waals surface area contributed by atoms with E-state index in [1.54, 1.807) is 6.07 Å². The van der Waals surface area contributed by atoms with E-state index in [9.17, 15) is 14.7 Å². The van der Waals surface area contributed by atoms with Gasteiger partial charge in [0.25, 0.3) is 0 Å². The van der Waals surface area contributed by atoms with E-state index in [0.29, 0.717) is 18.9 Å². The second-order valence-corrected chi connectivity index (χ2v) is 7.82. The number of anilines is 2. The van der Waals surface area contributed by atoms with Crippen LogP contribution in [0.15, 0.2) is 42.6 Å². The van der Waals surface area contributed by atoms with Crippen LogP contribution in [-0.4, -0.2) is 57.5 Å². The predicted octanol–water partition coefficient (Wildman–Crippen LogP) is 2.92. The molecule has 152 valence electrons. The number of carboxylic acid groups (broad SMARTS) is 1. The Bertz CT molecular complexity index is 883. The van der Waals surface area contributed by atoms with Gasteiger partial charge in [0.2, 0.25) is 11.7 Å². The fourth-order valence-corrected chi connectivity index (χ4v) is 4.39. The molecule has 1 aromatic carbocycles. The number of nitrogens with one attached hydrogen (secondary N) is 2. The van der Waals surface area contributed by atoms with E-state index in [1.807, 2.05) is 30.3 Å². The molecule has 0 aliphatic carbocycles. The molecule has 2 fully saturated rings. The van der Waals surface area contributed by atoms with E-state index in [-0.39, 0.29) is 16.9 Å². The first-order chi connectivity index (χ1) is 14.1. The highest BCUT2D eigenvalue weighted by molar-refractivity contribution is 6.00. The molecule has 2 aliphatic rings. The molecule has 0 saturated carbocycles. The third-order valence-corrected chi connectivity index (χ3v) is 6.04. The fourth-order valence-electron chi connectivity index (χ4n) is 4.39. The first kappa shape index (κ1) is 19.3. The summed E-state index contributed by atoms with van der Waals surface area (Å²) in [5.41, 5.74) is 1.08. The van der Waals surface area contributed by atoms with Crippen molar-refractivity contribution in [2.75, 3.05) is 25.0 Å². The van der Waals surface area contributed by atoms with Crippen molar-refractivity contribution in [2.24, 2.45) is 5.41 Å². The Morgan fingerprint density at radius 2 is 1.90 bits per heavy atom. The van der Waals surface area contributed by atoms with E-state index < -0.39 is 12.1 Å². The predicted molar refractivity (Wildman–Crippen MR) is 108 cm³/mol. The first-order valence-electron chi connectivity index (χ1n) is 9.96. The van der Waals surface area contributed by atoms with Gasteiger partial charge in [-0.25, -0.2) is 14.8 Å². The first-order valence-corrected chi connectivity index (χ1v) is 9.96. The smallest absolute Gasteiger partial charge is 0.407 e. The zero-order valence-corrected chi connectivity index (χ0v) is 16.2. The van der Waals surface area contributed by atoms with Crippen molar-refractivity contribution in [3.63, 3.8) is 0 Å². The van der Waals surface area contributed by atoms with Crippen molar-refractivity contribution < 1.29 is 14.7 Å². The normalized spacial score (nSPS) is 21.0. The number of hydrogen-bond donors (Lipinski definition) is 3. The molecule has 1 unspecified atom stereocenters. The van der Waals surface area contributed by atoms with Crippen LogP contribution in [0.4, 0.5) is 16.4 Å². The molecular formula is C21H25N5O3. The van der Waals surface area contributed by atoms with Crippen LogP contribution in [0.2, 0.25) is 0 Å². The van der Waals surface area contributed by atoms with Crippen LogP contribution >= 0.6 is 0 Å². The summed E-state index contributed by atoms with van der Waals surface area (Å²) in [4.78, 5) is 34.9. The third kappa shape index (κ3) is 4.22. The molecule has 2 aliphatic heterocycles. The van der Waals surface area contributed by atoms with Gasteiger partial charge in [0.1, 0.15) is 11.7 Å². The molecule has 4 rings (SSSR count). The maximum atomic E-state index is 13.3. The Morgan fingerprint density at radius 3 is 2.62 bits per heavy atom. The lowest BCUT2D eigenvalue weighted by molar-refractivity contribution is 0.0288. The Balaban J connectivity index is 1.57. The van der Waals surface area contributed by atoms with Crippen LogP contribution in [0.5, 0.6) is 0 Å². The molecule has 8 heteroatoms. The minimum Gasteiger partial charge on any atom is -0.465 e. The zero-order chi connectivity index (χ0) is 20.3. The van der Waals surface area contributed by atoms with Gasteiger partial charge in [-0.05, 0) is 62.4 Å². The Hall–Kier alpha value is -3.00. The van der Waals surface area contributed by atoms with Gasteiger partial charge in [-0.15, -0.1) is 0 Å². The number of para-hydroxylation sites is 1. The molecule has 1 amide bonds. The monoisotopic (exact) mass is 395 g/mol. The van der Waals surface area contributed by atoms with Gasteiger partial charge in [0.05, 0.1) is 0 Å². The van der Waals surface area contributed by atoms with Gasteiger partial charge in [0.15, 0.2) is 0 Å². The second kappa shape index (κ2) is 8.16. The van der Waals surface area contributed by atoms with Gasteiger partial charge in [0, 0.05) is 18.4 Å². The number of hydrogen-bond acceptors (Lipinski definition) is 6. The lowest BCUT2D eigenvalue weighted by atomic mass is 9.68.